The van der Waals surface area contributed by atoms with E-state index in [0.717, 1.165) is 43.5 Å². The number of H-pyrrole nitrogens is 1. The Hall–Kier alpha value is -2.15. The van der Waals surface area contributed by atoms with Gasteiger partial charge in [0.05, 0.1) is 5.60 Å². The third-order valence-electron chi connectivity index (χ3n) is 6.43. The fourth-order valence-corrected chi connectivity index (χ4v) is 4.60. The predicted octanol–water partition coefficient (Wildman–Crippen LogP) is 2.81. The number of aliphatic hydroxyl groups is 1. The van der Waals surface area contributed by atoms with Gasteiger partial charge in [-0.3, -0.25) is 5.10 Å². The van der Waals surface area contributed by atoms with Crippen LogP contribution >= 0.6 is 0 Å². The Labute approximate surface area is 153 Å². The number of fused-ring (bicyclic) bond motifs is 2. The second-order valence-corrected chi connectivity index (χ2v) is 8.84. The first-order valence-corrected chi connectivity index (χ1v) is 9.55. The second-order valence-electron chi connectivity index (χ2n) is 8.84. The van der Waals surface area contributed by atoms with Crippen LogP contribution in [0.25, 0.3) is 0 Å². The number of piperidine rings is 2. The van der Waals surface area contributed by atoms with Gasteiger partial charge in [0, 0.05) is 42.4 Å². The lowest BCUT2D eigenvalue weighted by Crippen LogP contribution is -2.65. The summed E-state index contributed by atoms with van der Waals surface area (Å²) < 4.78 is 0. The quantitative estimate of drug-likeness (QED) is 0.765. The lowest BCUT2D eigenvalue weighted by molar-refractivity contribution is -0.137. The van der Waals surface area contributed by atoms with Crippen molar-refractivity contribution in [2.75, 3.05) is 23.3 Å². The maximum Gasteiger partial charge on any atom is 0.227 e. The van der Waals surface area contributed by atoms with E-state index in [1.165, 1.54) is 18.5 Å². The van der Waals surface area contributed by atoms with Crippen LogP contribution < -0.4 is 10.2 Å². The number of hydrogen-bond donors (Lipinski definition) is 3. The molecule has 2 aromatic rings. The number of anilines is 3. The lowest BCUT2D eigenvalue weighted by Gasteiger charge is -2.61. The summed E-state index contributed by atoms with van der Waals surface area (Å²) in [5, 5.41) is 21.3. The van der Waals surface area contributed by atoms with Gasteiger partial charge in [-0.15, -0.1) is 0 Å². The molecule has 4 fully saturated rings. The Bertz CT molecular complexity index is 815. The minimum absolute atomic E-state index is 0.0376. The van der Waals surface area contributed by atoms with Crippen molar-refractivity contribution < 1.29 is 5.11 Å². The highest BCUT2D eigenvalue weighted by atomic mass is 16.3. The normalized spacial score (nSPS) is 28.0. The highest BCUT2D eigenvalue weighted by molar-refractivity contribution is 5.54. The van der Waals surface area contributed by atoms with Crippen molar-refractivity contribution in [3.63, 3.8) is 0 Å². The van der Waals surface area contributed by atoms with Gasteiger partial charge >= 0.3 is 0 Å². The first kappa shape index (κ1) is 16.1. The molecule has 7 nitrogen and oxygen atoms in total. The van der Waals surface area contributed by atoms with Gasteiger partial charge in [0.25, 0.3) is 0 Å². The Morgan fingerprint density at radius 1 is 1.31 bits per heavy atom. The molecular weight excluding hydrogens is 328 g/mol. The van der Waals surface area contributed by atoms with E-state index in [-0.39, 0.29) is 5.41 Å². The average Bonchev–Trinajstić information content (AvgIpc) is 3.33. The van der Waals surface area contributed by atoms with E-state index < -0.39 is 5.60 Å². The molecule has 6 rings (SSSR count). The van der Waals surface area contributed by atoms with Gasteiger partial charge in [0.1, 0.15) is 5.82 Å². The number of nitrogens with one attached hydrogen (secondary N) is 2. The van der Waals surface area contributed by atoms with Crippen LogP contribution in [-0.4, -0.2) is 44.0 Å². The van der Waals surface area contributed by atoms with E-state index in [9.17, 15) is 5.11 Å². The fourth-order valence-electron chi connectivity index (χ4n) is 4.60. The maximum absolute atomic E-state index is 10.6. The van der Waals surface area contributed by atoms with Gasteiger partial charge in [-0.25, -0.2) is 4.98 Å². The molecule has 0 unspecified atom stereocenters. The third kappa shape index (κ3) is 2.65. The average molecular weight is 354 g/mol. The van der Waals surface area contributed by atoms with E-state index in [4.69, 9.17) is 4.98 Å². The zero-order valence-corrected chi connectivity index (χ0v) is 15.4. The molecule has 26 heavy (non-hydrogen) atoms. The highest BCUT2D eigenvalue weighted by Gasteiger charge is 2.57. The van der Waals surface area contributed by atoms with Gasteiger partial charge in [-0.1, -0.05) is 0 Å². The summed E-state index contributed by atoms with van der Waals surface area (Å²) in [6.07, 6.45) is 6.48. The maximum atomic E-state index is 10.6. The number of aromatic amines is 1. The SMILES string of the molecule is CC(C)(O)C12CC(CN(c3nccc(Nc4cc(C5CC5)[nH]n4)n3)C1)C2. The number of aromatic nitrogens is 4. The molecule has 0 aromatic carbocycles. The molecule has 7 heteroatoms. The largest absolute Gasteiger partial charge is 0.390 e. The molecular formula is C19H26N6O. The van der Waals surface area contributed by atoms with Crippen molar-refractivity contribution in [3.8, 4) is 0 Å². The molecule has 2 saturated carbocycles. The molecule has 2 aliphatic carbocycles. The molecule has 0 atom stereocenters. The monoisotopic (exact) mass is 354 g/mol. The van der Waals surface area contributed by atoms with Gasteiger partial charge in [0.15, 0.2) is 5.82 Å². The zero-order valence-electron chi connectivity index (χ0n) is 15.4. The summed E-state index contributed by atoms with van der Waals surface area (Å²) in [6, 6.07) is 3.93. The van der Waals surface area contributed by atoms with Crippen molar-refractivity contribution in [2.24, 2.45) is 11.3 Å². The van der Waals surface area contributed by atoms with Crippen LogP contribution in [0.5, 0.6) is 0 Å². The number of hydrogen-bond acceptors (Lipinski definition) is 6. The molecule has 2 aromatic heterocycles. The summed E-state index contributed by atoms with van der Waals surface area (Å²) in [5.74, 6) is 3.55. The van der Waals surface area contributed by atoms with E-state index >= 15 is 0 Å². The summed E-state index contributed by atoms with van der Waals surface area (Å²) in [7, 11) is 0. The molecule has 2 aliphatic heterocycles. The van der Waals surface area contributed by atoms with Crippen molar-refractivity contribution >= 4 is 17.6 Å². The molecule has 2 bridgehead atoms. The van der Waals surface area contributed by atoms with Crippen LogP contribution in [0.2, 0.25) is 0 Å². The summed E-state index contributed by atoms with van der Waals surface area (Å²) in [6.45, 7) is 5.64. The summed E-state index contributed by atoms with van der Waals surface area (Å²) in [4.78, 5) is 11.4. The Morgan fingerprint density at radius 3 is 2.85 bits per heavy atom. The smallest absolute Gasteiger partial charge is 0.227 e. The molecule has 2 saturated heterocycles. The Balaban J connectivity index is 1.33. The molecule has 0 amide bonds. The van der Waals surface area contributed by atoms with Crippen LogP contribution in [0.3, 0.4) is 0 Å². The zero-order chi connectivity index (χ0) is 17.9. The lowest BCUT2D eigenvalue weighted by atomic mass is 9.52. The van der Waals surface area contributed by atoms with E-state index in [1.54, 1.807) is 6.20 Å². The predicted molar refractivity (Wildman–Crippen MR) is 99.5 cm³/mol. The minimum atomic E-state index is -0.674. The Kier molecular flexibility index (Phi) is 3.35. The molecule has 4 aliphatic rings. The van der Waals surface area contributed by atoms with E-state index in [2.05, 4.69) is 31.5 Å². The van der Waals surface area contributed by atoms with Gasteiger partial charge in [-0.05, 0) is 51.5 Å². The summed E-state index contributed by atoms with van der Waals surface area (Å²) >= 11 is 0. The topological polar surface area (TPSA) is 90.0 Å². The third-order valence-corrected chi connectivity index (χ3v) is 6.43. The molecule has 3 N–H and O–H groups in total. The van der Waals surface area contributed by atoms with Crippen molar-refractivity contribution in [3.05, 3.63) is 24.0 Å². The van der Waals surface area contributed by atoms with Crippen molar-refractivity contribution in [1.82, 2.24) is 20.2 Å². The van der Waals surface area contributed by atoms with Crippen LogP contribution in [0.4, 0.5) is 17.6 Å². The van der Waals surface area contributed by atoms with Crippen LogP contribution in [-0.2, 0) is 0 Å². The Morgan fingerprint density at radius 2 is 2.12 bits per heavy atom. The highest BCUT2D eigenvalue weighted by Crippen LogP contribution is 2.56. The van der Waals surface area contributed by atoms with Gasteiger partial charge < -0.3 is 15.3 Å². The van der Waals surface area contributed by atoms with Crippen molar-refractivity contribution in [2.45, 2.75) is 51.0 Å². The summed E-state index contributed by atoms with van der Waals surface area (Å²) in [5.41, 5.74) is 0.487. The fraction of sp³-hybridized carbons (Fsp3) is 0.632. The van der Waals surface area contributed by atoms with Crippen molar-refractivity contribution in [1.29, 1.82) is 0 Å². The molecule has 0 radical (unpaired) electrons. The van der Waals surface area contributed by atoms with Crippen LogP contribution in [0, 0.1) is 11.3 Å². The minimum Gasteiger partial charge on any atom is -0.390 e. The standard InChI is InChI=1S/C19H26N6O/c1-18(2,26)19-8-12(9-19)10-25(11-19)17-20-6-5-15(22-17)21-16-7-14(23-24-16)13-3-4-13/h5-7,12-13,26H,3-4,8-11H2,1-2H3,(H2,20,21,22,23,24). The molecule has 4 heterocycles. The first-order chi connectivity index (χ1) is 12.4. The number of nitrogens with zero attached hydrogens (tertiary/aromatic N) is 4. The molecule has 0 spiro atoms. The number of rotatable bonds is 5. The van der Waals surface area contributed by atoms with Crippen LogP contribution in [0.15, 0.2) is 18.3 Å². The van der Waals surface area contributed by atoms with E-state index in [0.29, 0.717) is 11.8 Å². The van der Waals surface area contributed by atoms with Crippen LogP contribution in [0.1, 0.15) is 51.1 Å². The first-order valence-electron chi connectivity index (χ1n) is 9.55. The van der Waals surface area contributed by atoms with Gasteiger partial charge in [0.2, 0.25) is 5.95 Å². The van der Waals surface area contributed by atoms with Gasteiger partial charge in [-0.2, -0.15) is 10.1 Å². The van der Waals surface area contributed by atoms with E-state index in [1.807, 2.05) is 19.9 Å². The molecule has 138 valence electrons. The second kappa shape index (κ2) is 5.42.